The topological polar surface area (TPSA) is 182 Å². The van der Waals surface area contributed by atoms with Crippen LogP contribution in [0.25, 0.3) is 0 Å². The van der Waals surface area contributed by atoms with Crippen molar-refractivity contribution >= 4 is 22.2 Å². The molecule has 2 aliphatic heterocycles. The molecule has 1 aliphatic carbocycles. The summed E-state index contributed by atoms with van der Waals surface area (Å²) >= 11 is 0. The van der Waals surface area contributed by atoms with E-state index < -0.39 is 23.1 Å². The molecule has 4 atom stereocenters. The van der Waals surface area contributed by atoms with E-state index >= 15 is 0 Å². The lowest BCUT2D eigenvalue weighted by Gasteiger charge is -2.40. The highest BCUT2D eigenvalue weighted by Crippen LogP contribution is 2.43. The number of amides is 2. The zero-order valence-corrected chi connectivity index (χ0v) is 22.5. The van der Waals surface area contributed by atoms with Gasteiger partial charge in [-0.25, -0.2) is 0 Å². The standard InChI is InChI=1S/C26H39N3O4.H2O4S/c27-25(32)20-8-4-7-19(13-20)21-14-22-9-10-23(15-21)29(22)12-11-28(26(33)24(31)17-30)16-18-5-2-1-3-6-18;1-5(2,3)4/h4,7-8,13,18,21-24,30-31H,1-3,5-6,9-12,14-17H2,(H2,27,32);(H2,1,2,3,4)/t21?,22-,23+,24?;. The minimum atomic E-state index is -4.67. The first-order valence-corrected chi connectivity index (χ1v) is 14.8. The van der Waals surface area contributed by atoms with Crippen LogP contribution in [-0.2, 0) is 15.2 Å². The molecule has 3 fully saturated rings. The number of hydrogen-bond acceptors (Lipinski definition) is 7. The molecule has 6 N–H and O–H groups in total. The predicted octanol–water partition coefficient (Wildman–Crippen LogP) is 1.61. The molecular formula is C26H41N3O8S. The Balaban J connectivity index is 0.000000732. The van der Waals surface area contributed by atoms with E-state index in [0.717, 1.165) is 45.1 Å². The highest BCUT2D eigenvalue weighted by molar-refractivity contribution is 7.79. The number of rotatable bonds is 9. The Hall–Kier alpha value is -2.09. The number of fused-ring (bicyclic) bond motifs is 2. The van der Waals surface area contributed by atoms with Crippen LogP contribution in [0.5, 0.6) is 0 Å². The second-order valence-electron chi connectivity index (χ2n) is 10.7. The van der Waals surface area contributed by atoms with Crippen LogP contribution in [0.2, 0.25) is 0 Å². The zero-order chi connectivity index (χ0) is 27.9. The van der Waals surface area contributed by atoms with Crippen molar-refractivity contribution in [1.82, 2.24) is 9.80 Å². The van der Waals surface area contributed by atoms with Gasteiger partial charge in [0.2, 0.25) is 5.91 Å². The number of piperidine rings is 1. The van der Waals surface area contributed by atoms with Crippen LogP contribution in [0.3, 0.4) is 0 Å². The molecule has 11 nitrogen and oxygen atoms in total. The molecule has 12 heteroatoms. The largest absolute Gasteiger partial charge is 0.394 e. The van der Waals surface area contributed by atoms with Crippen LogP contribution in [0.1, 0.15) is 79.6 Å². The van der Waals surface area contributed by atoms with E-state index in [2.05, 4.69) is 11.0 Å². The molecule has 2 unspecified atom stereocenters. The van der Waals surface area contributed by atoms with Crippen LogP contribution >= 0.6 is 0 Å². The smallest absolute Gasteiger partial charge is 0.393 e. The summed E-state index contributed by atoms with van der Waals surface area (Å²) in [5.74, 6) is 0.196. The molecule has 0 radical (unpaired) electrons. The lowest BCUT2D eigenvalue weighted by Crippen LogP contribution is -2.50. The average molecular weight is 556 g/mol. The second kappa shape index (κ2) is 13.8. The predicted molar refractivity (Wildman–Crippen MR) is 141 cm³/mol. The summed E-state index contributed by atoms with van der Waals surface area (Å²) < 4.78 is 31.6. The van der Waals surface area contributed by atoms with Crippen molar-refractivity contribution in [3.05, 3.63) is 35.4 Å². The van der Waals surface area contributed by atoms with Crippen LogP contribution < -0.4 is 5.73 Å². The highest BCUT2D eigenvalue weighted by Gasteiger charge is 2.41. The fourth-order valence-electron chi connectivity index (χ4n) is 6.36. The summed E-state index contributed by atoms with van der Waals surface area (Å²) in [7, 11) is -4.67. The Labute approximate surface area is 224 Å². The van der Waals surface area contributed by atoms with Gasteiger partial charge < -0.3 is 20.8 Å². The van der Waals surface area contributed by atoms with E-state index in [9.17, 15) is 19.8 Å². The van der Waals surface area contributed by atoms with Gasteiger partial charge in [0.25, 0.3) is 5.91 Å². The summed E-state index contributed by atoms with van der Waals surface area (Å²) in [5.41, 5.74) is 7.25. The normalized spacial score (nSPS) is 24.8. The molecule has 1 saturated carbocycles. The maximum absolute atomic E-state index is 12.8. The van der Waals surface area contributed by atoms with E-state index in [1.807, 2.05) is 12.1 Å². The zero-order valence-electron chi connectivity index (χ0n) is 21.7. The number of aliphatic hydroxyl groups excluding tert-OH is 2. The Kier molecular flexibility index (Phi) is 11.1. The average Bonchev–Trinajstić information content (AvgIpc) is 3.11. The van der Waals surface area contributed by atoms with E-state index in [0.29, 0.717) is 42.6 Å². The van der Waals surface area contributed by atoms with E-state index in [1.165, 1.54) is 24.8 Å². The number of primary amides is 1. The van der Waals surface area contributed by atoms with Crippen LogP contribution in [-0.4, -0.2) is 93.8 Å². The Bertz CT molecular complexity index is 1020. The van der Waals surface area contributed by atoms with Crippen molar-refractivity contribution in [2.45, 2.75) is 81.9 Å². The van der Waals surface area contributed by atoms with Crippen molar-refractivity contribution < 1.29 is 37.3 Å². The number of nitrogens with two attached hydrogens (primary N) is 1. The summed E-state index contributed by atoms with van der Waals surface area (Å²) in [6.07, 6.45) is 9.06. The Morgan fingerprint density at radius 3 is 2.21 bits per heavy atom. The molecule has 2 bridgehead atoms. The number of carbonyl (C=O) groups is 2. The monoisotopic (exact) mass is 555 g/mol. The van der Waals surface area contributed by atoms with Gasteiger partial charge in [-0.3, -0.25) is 23.6 Å². The second-order valence-corrected chi connectivity index (χ2v) is 11.6. The molecule has 214 valence electrons. The summed E-state index contributed by atoms with van der Waals surface area (Å²) in [4.78, 5) is 28.7. The number of carbonyl (C=O) groups excluding carboxylic acids is 2. The fraction of sp³-hybridized carbons (Fsp3) is 0.692. The Morgan fingerprint density at radius 1 is 1.05 bits per heavy atom. The van der Waals surface area contributed by atoms with Gasteiger partial charge >= 0.3 is 10.4 Å². The third kappa shape index (κ3) is 8.99. The van der Waals surface area contributed by atoms with Gasteiger partial charge in [0.15, 0.2) is 6.10 Å². The molecule has 2 heterocycles. The number of nitrogens with zero attached hydrogens (tertiary/aromatic N) is 2. The van der Waals surface area contributed by atoms with Crippen LogP contribution in [0.15, 0.2) is 24.3 Å². The number of hydrogen-bond donors (Lipinski definition) is 5. The van der Waals surface area contributed by atoms with Crippen molar-refractivity contribution in [3.8, 4) is 0 Å². The van der Waals surface area contributed by atoms with Gasteiger partial charge in [-0.2, -0.15) is 8.42 Å². The first-order chi connectivity index (χ1) is 18.0. The van der Waals surface area contributed by atoms with E-state index in [-0.39, 0.29) is 11.8 Å². The third-order valence-corrected chi connectivity index (χ3v) is 8.13. The van der Waals surface area contributed by atoms with Crippen LogP contribution in [0.4, 0.5) is 0 Å². The molecule has 1 aromatic carbocycles. The van der Waals surface area contributed by atoms with Gasteiger partial charge in [-0.15, -0.1) is 0 Å². The molecule has 0 aromatic heterocycles. The molecule has 2 saturated heterocycles. The van der Waals surface area contributed by atoms with Gasteiger partial charge in [-0.05, 0) is 68.1 Å². The quantitative estimate of drug-likeness (QED) is 0.283. The van der Waals surface area contributed by atoms with Crippen molar-refractivity contribution in [2.24, 2.45) is 11.7 Å². The molecule has 2 amide bonds. The van der Waals surface area contributed by atoms with Crippen LogP contribution in [0, 0.1) is 5.92 Å². The SMILES string of the molecule is NC(=O)c1cccc(C2C[C@H]3CC[C@@H](C2)N3CCN(CC2CCCCC2)C(=O)C(O)CO)c1.O=S(=O)(O)O. The first-order valence-electron chi connectivity index (χ1n) is 13.4. The Morgan fingerprint density at radius 2 is 1.66 bits per heavy atom. The maximum Gasteiger partial charge on any atom is 0.394 e. The van der Waals surface area contributed by atoms with E-state index in [4.69, 9.17) is 23.3 Å². The fourth-order valence-corrected chi connectivity index (χ4v) is 6.36. The van der Waals surface area contributed by atoms with Crippen molar-refractivity contribution in [1.29, 1.82) is 0 Å². The molecular weight excluding hydrogens is 514 g/mol. The van der Waals surface area contributed by atoms with Gasteiger partial charge in [0, 0.05) is 37.3 Å². The first kappa shape index (κ1) is 30.5. The molecule has 1 aromatic rings. The molecule has 0 spiro atoms. The van der Waals surface area contributed by atoms with Crippen molar-refractivity contribution in [2.75, 3.05) is 26.2 Å². The number of aliphatic hydroxyl groups is 2. The maximum atomic E-state index is 12.8. The lowest BCUT2D eigenvalue weighted by molar-refractivity contribution is -0.143. The van der Waals surface area contributed by atoms with Gasteiger partial charge in [0.1, 0.15) is 0 Å². The lowest BCUT2D eigenvalue weighted by atomic mass is 9.84. The van der Waals surface area contributed by atoms with Crippen molar-refractivity contribution in [3.63, 3.8) is 0 Å². The minimum absolute atomic E-state index is 0.339. The molecule has 38 heavy (non-hydrogen) atoms. The van der Waals surface area contributed by atoms with Gasteiger partial charge in [0.05, 0.1) is 6.61 Å². The van der Waals surface area contributed by atoms with Gasteiger partial charge in [-0.1, -0.05) is 31.4 Å². The highest BCUT2D eigenvalue weighted by atomic mass is 32.3. The molecule has 3 aliphatic rings. The summed E-state index contributed by atoms with van der Waals surface area (Å²) in [6, 6.07) is 8.69. The minimum Gasteiger partial charge on any atom is -0.393 e. The summed E-state index contributed by atoms with van der Waals surface area (Å²) in [6.45, 7) is 1.56. The van der Waals surface area contributed by atoms with E-state index in [1.54, 1.807) is 11.0 Å². The third-order valence-electron chi connectivity index (χ3n) is 8.13. The summed E-state index contributed by atoms with van der Waals surface area (Å²) in [5, 5.41) is 19.3. The number of benzene rings is 1. The molecule has 4 rings (SSSR count).